The third-order valence-corrected chi connectivity index (χ3v) is 4.73. The van der Waals surface area contributed by atoms with Gasteiger partial charge in [-0.2, -0.15) is 0 Å². The average molecular weight is 350 g/mol. The van der Waals surface area contributed by atoms with Gasteiger partial charge in [-0.1, -0.05) is 59.7 Å². The molecule has 1 aliphatic rings. The molecule has 4 heteroatoms. The molecule has 1 atom stereocenters. The Balaban J connectivity index is 1.58. The summed E-state index contributed by atoms with van der Waals surface area (Å²) in [6, 6.07) is 16.4. The molecule has 0 radical (unpaired) electrons. The smallest absolute Gasteiger partial charge is 0.239 e. The van der Waals surface area contributed by atoms with E-state index in [1.54, 1.807) is 4.90 Å². The van der Waals surface area contributed by atoms with Crippen LogP contribution >= 0.6 is 0 Å². The van der Waals surface area contributed by atoms with Crippen molar-refractivity contribution >= 4 is 11.8 Å². The summed E-state index contributed by atoms with van der Waals surface area (Å²) in [5.41, 5.74) is 4.78. The molecule has 0 aliphatic carbocycles. The maximum Gasteiger partial charge on any atom is 0.239 e. The van der Waals surface area contributed by atoms with Crippen LogP contribution in [0.5, 0.6) is 0 Å². The summed E-state index contributed by atoms with van der Waals surface area (Å²) in [5.74, 6) is -0.0194. The molecule has 0 aromatic heterocycles. The van der Waals surface area contributed by atoms with E-state index in [1.165, 1.54) is 22.3 Å². The number of aryl methyl sites for hydroxylation is 3. The highest BCUT2D eigenvalue weighted by molar-refractivity contribution is 5.86. The Labute approximate surface area is 155 Å². The SMILES string of the molecule is Cc1cc(C)cc(CCC(=O)N2CC(=O)N[C@@H](Cc3ccccc3)C2)c1. The quantitative estimate of drug-likeness (QED) is 0.901. The number of hydrogen-bond acceptors (Lipinski definition) is 2. The minimum absolute atomic E-state index is 0.0242. The molecule has 26 heavy (non-hydrogen) atoms. The number of benzene rings is 2. The first-order valence-electron chi connectivity index (χ1n) is 9.18. The highest BCUT2D eigenvalue weighted by atomic mass is 16.2. The van der Waals surface area contributed by atoms with E-state index in [4.69, 9.17) is 0 Å². The minimum Gasteiger partial charge on any atom is -0.350 e. The molecule has 0 unspecified atom stereocenters. The Bertz CT molecular complexity index is 766. The zero-order valence-electron chi connectivity index (χ0n) is 15.5. The van der Waals surface area contributed by atoms with Crippen molar-refractivity contribution in [1.82, 2.24) is 10.2 Å². The van der Waals surface area contributed by atoms with Gasteiger partial charge in [0.2, 0.25) is 11.8 Å². The molecule has 0 bridgehead atoms. The van der Waals surface area contributed by atoms with Gasteiger partial charge in [0, 0.05) is 13.0 Å². The van der Waals surface area contributed by atoms with Crippen LogP contribution in [0.15, 0.2) is 48.5 Å². The molecule has 0 spiro atoms. The van der Waals surface area contributed by atoms with Crippen LogP contribution in [-0.4, -0.2) is 35.8 Å². The van der Waals surface area contributed by atoms with E-state index >= 15 is 0 Å². The van der Waals surface area contributed by atoms with E-state index in [2.05, 4.69) is 37.4 Å². The first-order chi connectivity index (χ1) is 12.5. The van der Waals surface area contributed by atoms with Crippen LogP contribution in [0.3, 0.4) is 0 Å². The summed E-state index contributed by atoms with van der Waals surface area (Å²) < 4.78 is 0. The Morgan fingerprint density at radius 3 is 2.46 bits per heavy atom. The van der Waals surface area contributed by atoms with E-state index in [9.17, 15) is 9.59 Å². The number of rotatable bonds is 5. The molecule has 1 saturated heterocycles. The minimum atomic E-state index is -0.0723. The van der Waals surface area contributed by atoms with Crippen molar-refractivity contribution in [2.24, 2.45) is 0 Å². The van der Waals surface area contributed by atoms with Gasteiger partial charge in [0.15, 0.2) is 0 Å². The zero-order chi connectivity index (χ0) is 18.5. The lowest BCUT2D eigenvalue weighted by molar-refractivity contribution is -0.139. The Kier molecular flexibility index (Phi) is 5.71. The lowest BCUT2D eigenvalue weighted by Crippen LogP contribution is -2.56. The van der Waals surface area contributed by atoms with Crippen molar-refractivity contribution in [2.45, 2.75) is 39.2 Å². The summed E-state index contributed by atoms with van der Waals surface area (Å²) in [6.07, 6.45) is 1.89. The molecule has 0 saturated carbocycles. The molecule has 3 rings (SSSR count). The molecule has 4 nitrogen and oxygen atoms in total. The Morgan fingerprint density at radius 1 is 1.08 bits per heavy atom. The molecule has 2 aromatic carbocycles. The van der Waals surface area contributed by atoms with Gasteiger partial charge in [0.1, 0.15) is 0 Å². The Hall–Kier alpha value is -2.62. The summed E-state index contributed by atoms with van der Waals surface area (Å²) in [7, 11) is 0. The lowest BCUT2D eigenvalue weighted by Gasteiger charge is -2.33. The van der Waals surface area contributed by atoms with Crippen molar-refractivity contribution in [3.05, 3.63) is 70.8 Å². The van der Waals surface area contributed by atoms with Crippen molar-refractivity contribution in [3.8, 4) is 0 Å². The first-order valence-corrected chi connectivity index (χ1v) is 9.18. The summed E-state index contributed by atoms with van der Waals surface area (Å²) in [6.45, 7) is 4.88. The standard InChI is InChI=1S/C22H26N2O2/c1-16-10-17(2)12-19(11-16)8-9-22(26)24-14-20(23-21(25)15-24)13-18-6-4-3-5-7-18/h3-7,10-12,20H,8-9,13-15H2,1-2H3,(H,23,25)/t20-/m0/s1. The van der Waals surface area contributed by atoms with Crippen LogP contribution < -0.4 is 5.32 Å². The summed E-state index contributed by atoms with van der Waals surface area (Å²) in [4.78, 5) is 26.4. The fourth-order valence-electron chi connectivity index (χ4n) is 3.65. The first kappa shape index (κ1) is 18.2. The van der Waals surface area contributed by atoms with Gasteiger partial charge in [-0.25, -0.2) is 0 Å². The second-order valence-corrected chi connectivity index (χ2v) is 7.22. The monoisotopic (exact) mass is 350 g/mol. The van der Waals surface area contributed by atoms with Gasteiger partial charge in [-0.05, 0) is 37.8 Å². The van der Waals surface area contributed by atoms with Crippen molar-refractivity contribution in [1.29, 1.82) is 0 Å². The van der Waals surface area contributed by atoms with Crippen LogP contribution in [0.2, 0.25) is 0 Å². The van der Waals surface area contributed by atoms with Crippen molar-refractivity contribution in [2.75, 3.05) is 13.1 Å². The number of carbonyl (C=O) groups excluding carboxylic acids is 2. The maximum absolute atomic E-state index is 12.6. The van der Waals surface area contributed by atoms with Crippen LogP contribution in [0, 0.1) is 13.8 Å². The van der Waals surface area contributed by atoms with Gasteiger partial charge in [0.05, 0.1) is 12.6 Å². The second-order valence-electron chi connectivity index (χ2n) is 7.22. The molecular weight excluding hydrogens is 324 g/mol. The molecule has 1 N–H and O–H groups in total. The number of carbonyl (C=O) groups is 2. The van der Waals surface area contributed by atoms with Gasteiger partial charge >= 0.3 is 0 Å². The van der Waals surface area contributed by atoms with E-state index < -0.39 is 0 Å². The normalized spacial score (nSPS) is 17.1. The van der Waals surface area contributed by atoms with E-state index in [1.807, 2.05) is 30.3 Å². The third-order valence-electron chi connectivity index (χ3n) is 4.73. The number of nitrogens with zero attached hydrogens (tertiary/aromatic N) is 1. The summed E-state index contributed by atoms with van der Waals surface area (Å²) in [5, 5.41) is 3.01. The molecular formula is C22H26N2O2. The predicted octanol–water partition coefficient (Wildman–Crippen LogP) is 2.81. The van der Waals surface area contributed by atoms with Crippen molar-refractivity contribution < 1.29 is 9.59 Å². The van der Waals surface area contributed by atoms with Gasteiger partial charge in [-0.3, -0.25) is 9.59 Å². The van der Waals surface area contributed by atoms with Crippen LogP contribution in [0.1, 0.15) is 28.7 Å². The van der Waals surface area contributed by atoms with Crippen molar-refractivity contribution in [3.63, 3.8) is 0 Å². The molecule has 2 aromatic rings. The highest BCUT2D eigenvalue weighted by Crippen LogP contribution is 2.13. The number of hydrogen-bond donors (Lipinski definition) is 1. The maximum atomic E-state index is 12.6. The van der Waals surface area contributed by atoms with E-state index in [-0.39, 0.29) is 24.4 Å². The van der Waals surface area contributed by atoms with Crippen LogP contribution in [-0.2, 0) is 22.4 Å². The molecule has 1 aliphatic heterocycles. The van der Waals surface area contributed by atoms with Gasteiger partial charge < -0.3 is 10.2 Å². The molecule has 2 amide bonds. The molecule has 1 heterocycles. The van der Waals surface area contributed by atoms with Crippen LogP contribution in [0.25, 0.3) is 0 Å². The number of piperazine rings is 1. The summed E-state index contributed by atoms with van der Waals surface area (Å²) >= 11 is 0. The highest BCUT2D eigenvalue weighted by Gasteiger charge is 2.27. The lowest BCUT2D eigenvalue weighted by atomic mass is 10.0. The van der Waals surface area contributed by atoms with E-state index in [0.717, 1.165) is 6.42 Å². The van der Waals surface area contributed by atoms with Gasteiger partial charge in [0.25, 0.3) is 0 Å². The number of amides is 2. The average Bonchev–Trinajstić information content (AvgIpc) is 2.59. The second kappa shape index (κ2) is 8.17. The molecule has 136 valence electrons. The van der Waals surface area contributed by atoms with Gasteiger partial charge in [-0.15, -0.1) is 0 Å². The zero-order valence-corrected chi connectivity index (χ0v) is 15.5. The topological polar surface area (TPSA) is 49.4 Å². The van der Waals surface area contributed by atoms with E-state index in [0.29, 0.717) is 19.4 Å². The molecule has 1 fully saturated rings. The fraction of sp³-hybridized carbons (Fsp3) is 0.364. The third kappa shape index (κ3) is 4.94. The number of nitrogens with one attached hydrogen (secondary N) is 1. The Morgan fingerprint density at radius 2 is 1.77 bits per heavy atom. The predicted molar refractivity (Wildman–Crippen MR) is 103 cm³/mol. The largest absolute Gasteiger partial charge is 0.350 e. The van der Waals surface area contributed by atoms with Crippen LogP contribution in [0.4, 0.5) is 0 Å². The fourth-order valence-corrected chi connectivity index (χ4v) is 3.65.